The lowest BCUT2D eigenvalue weighted by atomic mass is 9.69. The summed E-state index contributed by atoms with van der Waals surface area (Å²) < 4.78 is 11.5. The normalized spacial score (nSPS) is 17.8. The number of fused-ring (bicyclic) bond motifs is 1. The average molecular weight is 430 g/mol. The monoisotopic (exact) mass is 429 g/mol. The van der Waals surface area contributed by atoms with Crippen LogP contribution >= 0.6 is 0 Å². The SMILES string of the molecule is CCN(CC)CCOc1ccc([C@@H]2c3ccc(OC)cc3CC[C@H]2c2ccccc2)cc1. The second-order valence-corrected chi connectivity index (χ2v) is 8.54. The zero-order chi connectivity index (χ0) is 22.3. The average Bonchev–Trinajstić information content (AvgIpc) is 2.86. The first-order valence-electron chi connectivity index (χ1n) is 11.9. The molecule has 0 saturated heterocycles. The van der Waals surface area contributed by atoms with Gasteiger partial charge in [0.25, 0.3) is 0 Å². The Morgan fingerprint density at radius 1 is 0.844 bits per heavy atom. The molecule has 0 bridgehead atoms. The Bertz CT molecular complexity index is 980. The van der Waals surface area contributed by atoms with Gasteiger partial charge in [-0.05, 0) is 78.4 Å². The number of aryl methyl sites for hydroxylation is 1. The summed E-state index contributed by atoms with van der Waals surface area (Å²) in [6.45, 7) is 8.19. The van der Waals surface area contributed by atoms with E-state index in [4.69, 9.17) is 9.47 Å². The number of ether oxygens (including phenoxy) is 2. The minimum absolute atomic E-state index is 0.330. The van der Waals surface area contributed by atoms with Crippen molar-refractivity contribution in [1.29, 1.82) is 0 Å². The van der Waals surface area contributed by atoms with E-state index in [0.29, 0.717) is 11.8 Å². The van der Waals surface area contributed by atoms with Crippen molar-refractivity contribution in [3.05, 3.63) is 95.1 Å². The minimum atomic E-state index is 0.330. The number of benzene rings is 3. The van der Waals surface area contributed by atoms with E-state index in [2.05, 4.69) is 91.5 Å². The minimum Gasteiger partial charge on any atom is -0.497 e. The number of nitrogens with zero attached hydrogens (tertiary/aromatic N) is 1. The fourth-order valence-electron chi connectivity index (χ4n) is 5.00. The highest BCUT2D eigenvalue weighted by Crippen LogP contribution is 2.47. The summed E-state index contributed by atoms with van der Waals surface area (Å²) in [6, 6.07) is 26.3. The maximum absolute atomic E-state index is 6.04. The summed E-state index contributed by atoms with van der Waals surface area (Å²) in [5.41, 5.74) is 5.58. The Kier molecular flexibility index (Phi) is 7.49. The predicted octanol–water partition coefficient (Wildman–Crippen LogP) is 6.28. The van der Waals surface area contributed by atoms with Crippen LogP contribution in [0.2, 0.25) is 0 Å². The highest BCUT2D eigenvalue weighted by atomic mass is 16.5. The predicted molar refractivity (Wildman–Crippen MR) is 132 cm³/mol. The van der Waals surface area contributed by atoms with Gasteiger partial charge in [0, 0.05) is 12.5 Å². The van der Waals surface area contributed by atoms with Gasteiger partial charge in [-0.3, -0.25) is 0 Å². The van der Waals surface area contributed by atoms with Crippen LogP contribution in [0.4, 0.5) is 0 Å². The fourth-order valence-corrected chi connectivity index (χ4v) is 5.00. The molecule has 168 valence electrons. The summed E-state index contributed by atoms with van der Waals surface area (Å²) in [6.07, 6.45) is 2.21. The number of hydrogen-bond acceptors (Lipinski definition) is 3. The van der Waals surface area contributed by atoms with Crippen molar-refractivity contribution in [1.82, 2.24) is 4.90 Å². The molecule has 0 saturated carbocycles. The van der Waals surface area contributed by atoms with Crippen LogP contribution in [0.15, 0.2) is 72.8 Å². The smallest absolute Gasteiger partial charge is 0.119 e. The van der Waals surface area contributed by atoms with Crippen molar-refractivity contribution < 1.29 is 9.47 Å². The van der Waals surface area contributed by atoms with Gasteiger partial charge >= 0.3 is 0 Å². The van der Waals surface area contributed by atoms with E-state index in [0.717, 1.165) is 50.6 Å². The Morgan fingerprint density at radius 2 is 1.56 bits per heavy atom. The molecule has 2 atom stereocenters. The Morgan fingerprint density at radius 3 is 2.25 bits per heavy atom. The second-order valence-electron chi connectivity index (χ2n) is 8.54. The molecule has 3 aromatic rings. The molecule has 0 radical (unpaired) electrons. The quantitative estimate of drug-likeness (QED) is 0.400. The number of rotatable bonds is 9. The molecule has 0 unspecified atom stereocenters. The molecule has 3 nitrogen and oxygen atoms in total. The van der Waals surface area contributed by atoms with Gasteiger partial charge in [-0.2, -0.15) is 0 Å². The van der Waals surface area contributed by atoms with Gasteiger partial charge < -0.3 is 14.4 Å². The molecule has 1 aliphatic carbocycles. The van der Waals surface area contributed by atoms with E-state index in [-0.39, 0.29) is 0 Å². The van der Waals surface area contributed by atoms with E-state index in [1.165, 1.54) is 22.3 Å². The van der Waals surface area contributed by atoms with Crippen molar-refractivity contribution >= 4 is 0 Å². The molecule has 1 aliphatic rings. The van der Waals surface area contributed by atoms with Crippen molar-refractivity contribution in [3.63, 3.8) is 0 Å². The first-order chi connectivity index (χ1) is 15.7. The zero-order valence-corrected chi connectivity index (χ0v) is 19.6. The van der Waals surface area contributed by atoms with Crippen LogP contribution in [0.25, 0.3) is 0 Å². The number of likely N-dealkylation sites (N-methyl/N-ethyl adjacent to an activating group) is 1. The van der Waals surface area contributed by atoms with Crippen molar-refractivity contribution in [2.45, 2.75) is 38.5 Å². The van der Waals surface area contributed by atoms with Gasteiger partial charge in [0.2, 0.25) is 0 Å². The van der Waals surface area contributed by atoms with Crippen molar-refractivity contribution in [3.8, 4) is 11.5 Å². The molecular weight excluding hydrogens is 394 g/mol. The molecule has 0 heterocycles. The van der Waals surface area contributed by atoms with Crippen LogP contribution < -0.4 is 9.47 Å². The van der Waals surface area contributed by atoms with Crippen LogP contribution in [0.1, 0.15) is 54.4 Å². The highest BCUT2D eigenvalue weighted by Gasteiger charge is 2.32. The summed E-state index contributed by atoms with van der Waals surface area (Å²) in [5.74, 6) is 2.68. The molecule has 0 amide bonds. The maximum Gasteiger partial charge on any atom is 0.119 e. The van der Waals surface area contributed by atoms with Crippen LogP contribution in [0, 0.1) is 0 Å². The molecule has 0 aromatic heterocycles. The van der Waals surface area contributed by atoms with Crippen molar-refractivity contribution in [2.24, 2.45) is 0 Å². The van der Waals surface area contributed by atoms with E-state index in [9.17, 15) is 0 Å². The largest absolute Gasteiger partial charge is 0.497 e. The molecular formula is C29H35NO2. The molecule has 4 rings (SSSR count). The Labute approximate surface area is 193 Å². The first kappa shape index (κ1) is 22.4. The lowest BCUT2D eigenvalue weighted by Crippen LogP contribution is -2.27. The third kappa shape index (κ3) is 4.99. The number of hydrogen-bond donors (Lipinski definition) is 0. The topological polar surface area (TPSA) is 21.7 Å². The van der Waals surface area contributed by atoms with Crippen LogP contribution in [-0.4, -0.2) is 38.3 Å². The van der Waals surface area contributed by atoms with Crippen molar-refractivity contribution in [2.75, 3.05) is 33.4 Å². The lowest BCUT2D eigenvalue weighted by molar-refractivity contribution is 0.223. The molecule has 0 fully saturated rings. The highest BCUT2D eigenvalue weighted by molar-refractivity contribution is 5.48. The third-order valence-electron chi connectivity index (χ3n) is 6.85. The summed E-state index contributed by atoms with van der Waals surface area (Å²) in [7, 11) is 1.74. The van der Waals surface area contributed by atoms with Gasteiger partial charge in [0.05, 0.1) is 7.11 Å². The second kappa shape index (κ2) is 10.7. The maximum atomic E-state index is 6.04. The molecule has 32 heavy (non-hydrogen) atoms. The number of methoxy groups -OCH3 is 1. The van der Waals surface area contributed by atoms with E-state index >= 15 is 0 Å². The Hall–Kier alpha value is -2.78. The van der Waals surface area contributed by atoms with Gasteiger partial charge in [-0.25, -0.2) is 0 Å². The van der Waals surface area contributed by atoms with Gasteiger partial charge in [0.15, 0.2) is 0 Å². The lowest BCUT2D eigenvalue weighted by Gasteiger charge is -2.35. The first-order valence-corrected chi connectivity index (χ1v) is 11.9. The van der Waals surface area contributed by atoms with E-state index in [1.807, 2.05) is 0 Å². The van der Waals surface area contributed by atoms with Crippen LogP contribution in [0.5, 0.6) is 11.5 Å². The van der Waals surface area contributed by atoms with Gasteiger partial charge in [-0.1, -0.05) is 62.4 Å². The summed E-state index contributed by atoms with van der Waals surface area (Å²) in [5, 5.41) is 0. The molecule has 3 aromatic carbocycles. The third-order valence-corrected chi connectivity index (χ3v) is 6.85. The Balaban J connectivity index is 1.59. The molecule has 0 spiro atoms. The fraction of sp³-hybridized carbons (Fsp3) is 0.379. The summed E-state index contributed by atoms with van der Waals surface area (Å²) in [4.78, 5) is 2.38. The van der Waals surface area contributed by atoms with E-state index < -0.39 is 0 Å². The summed E-state index contributed by atoms with van der Waals surface area (Å²) >= 11 is 0. The van der Waals surface area contributed by atoms with Gasteiger partial charge in [0.1, 0.15) is 18.1 Å². The van der Waals surface area contributed by atoms with E-state index in [1.54, 1.807) is 7.11 Å². The van der Waals surface area contributed by atoms with Crippen LogP contribution in [-0.2, 0) is 6.42 Å². The van der Waals surface area contributed by atoms with Gasteiger partial charge in [-0.15, -0.1) is 0 Å². The molecule has 0 N–H and O–H groups in total. The molecule has 0 aliphatic heterocycles. The zero-order valence-electron chi connectivity index (χ0n) is 19.6. The standard InChI is InChI=1S/C29H35NO2/c1-4-30(5-2)19-20-32-25-14-11-23(12-15-25)29-27(22-9-7-6-8-10-22)17-13-24-21-26(31-3)16-18-28(24)29/h6-12,14-16,18,21,27,29H,4-5,13,17,19-20H2,1-3H3/t27-,29-/m0/s1. The van der Waals surface area contributed by atoms with Crippen LogP contribution in [0.3, 0.4) is 0 Å². The molecule has 3 heteroatoms.